The van der Waals surface area contributed by atoms with Crippen LogP contribution < -0.4 is 4.74 Å². The van der Waals surface area contributed by atoms with E-state index in [0.717, 1.165) is 21.3 Å². The number of hydrogen-bond donors (Lipinski definition) is 1. The first-order valence-corrected chi connectivity index (χ1v) is 7.78. The van der Waals surface area contributed by atoms with Gasteiger partial charge in [-0.25, -0.2) is 4.79 Å². The van der Waals surface area contributed by atoms with E-state index < -0.39 is 5.97 Å². The zero-order chi connectivity index (χ0) is 15.3. The molecule has 0 aliphatic carbocycles. The Balaban J connectivity index is 3.44. The van der Waals surface area contributed by atoms with Crippen LogP contribution >= 0.6 is 27.3 Å². The van der Waals surface area contributed by atoms with Gasteiger partial charge >= 0.3 is 5.97 Å². The molecule has 1 atom stereocenters. The number of halogens is 1. The van der Waals surface area contributed by atoms with Crippen LogP contribution in [0.15, 0.2) is 10.5 Å². The van der Waals surface area contributed by atoms with Gasteiger partial charge in [0, 0.05) is 11.1 Å². The Bertz CT molecular complexity index is 537. The van der Waals surface area contributed by atoms with Crippen molar-refractivity contribution in [3.8, 4) is 5.75 Å². The molecule has 110 valence electrons. The zero-order valence-corrected chi connectivity index (χ0v) is 14.4. The lowest BCUT2D eigenvalue weighted by Gasteiger charge is -2.12. The Morgan fingerprint density at radius 2 is 2.10 bits per heavy atom. The summed E-state index contributed by atoms with van der Waals surface area (Å²) in [5.74, 6) is 0.343. The van der Waals surface area contributed by atoms with Gasteiger partial charge in [0.2, 0.25) is 0 Å². The standard InChI is InChI=1S/C14H18BrNO3S/c1-5-8(2)9(6-7-16)12-10(15)11(18-3)13(20-12)14(17)19-4/h6-8,16H,5H2,1-4H3/b9-6+,16-7?. The molecule has 0 saturated heterocycles. The van der Waals surface area contributed by atoms with Crippen LogP contribution in [0, 0.1) is 11.3 Å². The summed E-state index contributed by atoms with van der Waals surface area (Å²) in [6, 6.07) is 0. The fourth-order valence-corrected chi connectivity index (χ4v) is 3.95. The van der Waals surface area contributed by atoms with Crippen LogP contribution in [0.2, 0.25) is 0 Å². The molecule has 1 unspecified atom stereocenters. The minimum absolute atomic E-state index is 0.279. The summed E-state index contributed by atoms with van der Waals surface area (Å²) in [5, 5.41) is 7.31. The highest BCUT2D eigenvalue weighted by Gasteiger charge is 2.26. The summed E-state index contributed by atoms with van der Waals surface area (Å²) in [7, 11) is 2.87. The molecular weight excluding hydrogens is 342 g/mol. The predicted molar refractivity (Wildman–Crippen MR) is 86.1 cm³/mol. The maximum atomic E-state index is 11.8. The van der Waals surface area contributed by atoms with Gasteiger partial charge in [0.05, 0.1) is 18.7 Å². The van der Waals surface area contributed by atoms with Gasteiger partial charge in [-0.15, -0.1) is 11.3 Å². The maximum Gasteiger partial charge on any atom is 0.351 e. The molecular formula is C14H18BrNO3S. The van der Waals surface area contributed by atoms with Crippen LogP contribution in [0.4, 0.5) is 0 Å². The van der Waals surface area contributed by atoms with Crippen molar-refractivity contribution in [3.63, 3.8) is 0 Å². The van der Waals surface area contributed by atoms with Gasteiger partial charge in [-0.1, -0.05) is 13.8 Å². The molecule has 0 bridgehead atoms. The van der Waals surface area contributed by atoms with E-state index in [9.17, 15) is 4.79 Å². The zero-order valence-electron chi connectivity index (χ0n) is 12.0. The summed E-state index contributed by atoms with van der Waals surface area (Å²) >= 11 is 4.81. The van der Waals surface area contributed by atoms with E-state index in [1.807, 2.05) is 0 Å². The van der Waals surface area contributed by atoms with Crippen LogP contribution in [0.1, 0.15) is 34.8 Å². The van der Waals surface area contributed by atoms with Crippen molar-refractivity contribution in [1.82, 2.24) is 0 Å². The van der Waals surface area contributed by atoms with E-state index in [4.69, 9.17) is 14.9 Å². The van der Waals surface area contributed by atoms with Gasteiger partial charge in [-0.05, 0) is 39.9 Å². The Kier molecular flexibility index (Phi) is 6.42. The van der Waals surface area contributed by atoms with Crippen LogP contribution in [0.5, 0.6) is 5.75 Å². The molecule has 0 aliphatic rings. The molecule has 1 aromatic heterocycles. The van der Waals surface area contributed by atoms with Crippen LogP contribution in [-0.2, 0) is 4.74 Å². The Labute approximate surface area is 131 Å². The van der Waals surface area contributed by atoms with E-state index in [2.05, 4.69) is 29.8 Å². The SMILES string of the molecule is CCC(C)/C(=C\C=N)c1sc(C(=O)OC)c(OC)c1Br. The number of esters is 1. The topological polar surface area (TPSA) is 59.4 Å². The molecule has 0 aromatic carbocycles. The third-order valence-corrected chi connectivity index (χ3v) is 5.27. The fourth-order valence-electron chi connectivity index (χ4n) is 1.76. The minimum Gasteiger partial charge on any atom is -0.494 e. The predicted octanol–water partition coefficient (Wildman–Crippen LogP) is 4.38. The van der Waals surface area contributed by atoms with Gasteiger partial charge in [0.25, 0.3) is 0 Å². The first-order valence-electron chi connectivity index (χ1n) is 6.17. The lowest BCUT2D eigenvalue weighted by molar-refractivity contribution is 0.0603. The van der Waals surface area contributed by atoms with Gasteiger partial charge in [-0.3, -0.25) is 0 Å². The highest BCUT2D eigenvalue weighted by molar-refractivity contribution is 9.10. The van der Waals surface area contributed by atoms with Crippen LogP contribution in [-0.4, -0.2) is 26.4 Å². The normalized spacial score (nSPS) is 12.9. The molecule has 0 spiro atoms. The Hall–Kier alpha value is -1.14. The number of rotatable bonds is 6. The molecule has 6 heteroatoms. The molecule has 0 fully saturated rings. The lowest BCUT2D eigenvalue weighted by Crippen LogP contribution is -2.00. The van der Waals surface area contributed by atoms with Gasteiger partial charge in [-0.2, -0.15) is 0 Å². The van der Waals surface area contributed by atoms with Crippen LogP contribution in [0.3, 0.4) is 0 Å². The van der Waals surface area contributed by atoms with Gasteiger partial charge in [0.1, 0.15) is 0 Å². The van der Waals surface area contributed by atoms with E-state index in [1.54, 1.807) is 6.08 Å². The molecule has 1 rings (SSSR count). The number of ether oxygens (including phenoxy) is 2. The molecule has 0 radical (unpaired) electrons. The maximum absolute atomic E-state index is 11.8. The summed E-state index contributed by atoms with van der Waals surface area (Å²) in [5.41, 5.74) is 1.01. The van der Waals surface area contributed by atoms with Crippen molar-refractivity contribution in [2.45, 2.75) is 20.3 Å². The molecule has 0 amide bonds. The molecule has 20 heavy (non-hydrogen) atoms. The molecule has 1 aromatic rings. The van der Waals surface area contributed by atoms with Crippen molar-refractivity contribution >= 4 is 45.0 Å². The van der Waals surface area contributed by atoms with Gasteiger partial charge in [0.15, 0.2) is 10.6 Å². The van der Waals surface area contributed by atoms with E-state index in [0.29, 0.717) is 10.6 Å². The number of allylic oxidation sites excluding steroid dienone is 2. The second-order valence-electron chi connectivity index (χ2n) is 4.20. The average molecular weight is 360 g/mol. The highest BCUT2D eigenvalue weighted by atomic mass is 79.9. The number of carbonyl (C=O) groups excluding carboxylic acids is 1. The quantitative estimate of drug-likeness (QED) is 0.605. The van der Waals surface area contributed by atoms with Crippen molar-refractivity contribution in [3.05, 3.63) is 20.3 Å². The second kappa shape index (κ2) is 7.59. The van der Waals surface area contributed by atoms with E-state index >= 15 is 0 Å². The third kappa shape index (κ3) is 3.30. The minimum atomic E-state index is -0.419. The van der Waals surface area contributed by atoms with Crippen molar-refractivity contribution < 1.29 is 14.3 Å². The molecule has 1 heterocycles. The number of nitrogens with one attached hydrogen (secondary N) is 1. The van der Waals surface area contributed by atoms with E-state index in [-0.39, 0.29) is 5.92 Å². The van der Waals surface area contributed by atoms with Crippen LogP contribution in [0.25, 0.3) is 5.57 Å². The van der Waals surface area contributed by atoms with Crippen molar-refractivity contribution in [2.24, 2.45) is 5.92 Å². The molecule has 1 N–H and O–H groups in total. The number of carbonyl (C=O) groups is 1. The molecule has 0 saturated carbocycles. The average Bonchev–Trinajstić information content (AvgIpc) is 2.79. The van der Waals surface area contributed by atoms with E-state index in [1.165, 1.54) is 31.8 Å². The van der Waals surface area contributed by atoms with Gasteiger partial charge < -0.3 is 14.9 Å². The first-order chi connectivity index (χ1) is 9.51. The third-order valence-electron chi connectivity index (χ3n) is 3.05. The Morgan fingerprint density at radius 3 is 2.55 bits per heavy atom. The van der Waals surface area contributed by atoms with Crippen molar-refractivity contribution in [2.75, 3.05) is 14.2 Å². The summed E-state index contributed by atoms with van der Waals surface area (Å²) in [6.07, 6.45) is 3.96. The Morgan fingerprint density at radius 1 is 1.45 bits per heavy atom. The lowest BCUT2D eigenvalue weighted by atomic mass is 9.97. The monoisotopic (exact) mass is 359 g/mol. The molecule has 4 nitrogen and oxygen atoms in total. The summed E-state index contributed by atoms with van der Waals surface area (Å²) in [4.78, 5) is 13.1. The number of thiophene rings is 1. The summed E-state index contributed by atoms with van der Waals surface area (Å²) < 4.78 is 10.8. The second-order valence-corrected chi connectivity index (χ2v) is 6.01. The first kappa shape index (κ1) is 16.9. The number of methoxy groups -OCH3 is 2. The number of hydrogen-bond acceptors (Lipinski definition) is 5. The smallest absolute Gasteiger partial charge is 0.351 e. The molecule has 0 aliphatic heterocycles. The fraction of sp³-hybridized carbons (Fsp3) is 0.429. The summed E-state index contributed by atoms with van der Waals surface area (Å²) in [6.45, 7) is 4.17. The largest absolute Gasteiger partial charge is 0.494 e. The van der Waals surface area contributed by atoms with Crippen molar-refractivity contribution in [1.29, 1.82) is 5.41 Å². The highest BCUT2D eigenvalue weighted by Crippen LogP contribution is 2.45.